The van der Waals surface area contributed by atoms with E-state index in [0.29, 0.717) is 31.5 Å². The first-order valence-corrected chi connectivity index (χ1v) is 11.4. The van der Waals surface area contributed by atoms with Gasteiger partial charge < -0.3 is 4.90 Å². The smallest absolute Gasteiger partial charge is 0.244 e. The summed E-state index contributed by atoms with van der Waals surface area (Å²) in [6.07, 6.45) is 1.15. The summed E-state index contributed by atoms with van der Waals surface area (Å²) in [5.41, 5.74) is 0. The van der Waals surface area contributed by atoms with E-state index in [1.165, 1.54) is 10.4 Å². The fourth-order valence-electron chi connectivity index (χ4n) is 4.11. The van der Waals surface area contributed by atoms with E-state index >= 15 is 0 Å². The van der Waals surface area contributed by atoms with Gasteiger partial charge in [-0.15, -0.1) is 0 Å². The highest BCUT2D eigenvalue weighted by Gasteiger charge is 2.32. The SMILES string of the molecule is C[C@H]1C[C@H](C)CN(C(=O)CN2CCN(S(=O)(=O)c3ccc(F)cc3Cl)CC2)C1. The molecule has 0 aliphatic carbocycles. The van der Waals surface area contributed by atoms with Gasteiger partial charge >= 0.3 is 0 Å². The Morgan fingerprint density at radius 2 is 1.75 bits per heavy atom. The largest absolute Gasteiger partial charge is 0.341 e. The molecule has 28 heavy (non-hydrogen) atoms. The Balaban J connectivity index is 1.57. The van der Waals surface area contributed by atoms with Gasteiger partial charge in [0.2, 0.25) is 15.9 Å². The van der Waals surface area contributed by atoms with E-state index in [9.17, 15) is 17.6 Å². The summed E-state index contributed by atoms with van der Waals surface area (Å²) in [6, 6.07) is 3.29. The van der Waals surface area contributed by atoms with Crippen LogP contribution in [0.25, 0.3) is 0 Å². The van der Waals surface area contributed by atoms with Gasteiger partial charge in [-0.2, -0.15) is 4.31 Å². The van der Waals surface area contributed by atoms with Crippen molar-refractivity contribution in [2.75, 3.05) is 45.8 Å². The van der Waals surface area contributed by atoms with Crippen LogP contribution in [-0.4, -0.2) is 74.2 Å². The zero-order valence-corrected chi connectivity index (χ0v) is 17.8. The Morgan fingerprint density at radius 3 is 2.32 bits per heavy atom. The van der Waals surface area contributed by atoms with Crippen LogP contribution in [0.3, 0.4) is 0 Å². The molecule has 2 saturated heterocycles. The second kappa shape index (κ2) is 8.65. The Kier molecular flexibility index (Phi) is 6.64. The van der Waals surface area contributed by atoms with Crippen molar-refractivity contribution in [1.29, 1.82) is 0 Å². The Hall–Kier alpha value is -1.22. The molecule has 6 nitrogen and oxygen atoms in total. The van der Waals surface area contributed by atoms with Gasteiger partial charge in [0.1, 0.15) is 10.7 Å². The zero-order valence-electron chi connectivity index (χ0n) is 16.3. The predicted molar refractivity (Wildman–Crippen MR) is 106 cm³/mol. The van der Waals surface area contributed by atoms with Crippen LogP contribution in [0, 0.1) is 17.7 Å². The quantitative estimate of drug-likeness (QED) is 0.733. The molecule has 0 spiro atoms. The zero-order chi connectivity index (χ0) is 20.5. The summed E-state index contributed by atoms with van der Waals surface area (Å²) in [5, 5.41) is -0.119. The maximum Gasteiger partial charge on any atom is 0.244 e. The molecule has 2 aliphatic heterocycles. The molecule has 1 aromatic rings. The lowest BCUT2D eigenvalue weighted by Crippen LogP contribution is -2.52. The minimum Gasteiger partial charge on any atom is -0.341 e. The summed E-state index contributed by atoms with van der Waals surface area (Å²) in [4.78, 5) is 16.5. The molecule has 1 amide bonds. The van der Waals surface area contributed by atoms with E-state index in [1.54, 1.807) is 0 Å². The number of carbonyl (C=O) groups is 1. The van der Waals surface area contributed by atoms with Crippen LogP contribution in [0.1, 0.15) is 20.3 Å². The topological polar surface area (TPSA) is 60.9 Å². The number of piperazine rings is 1. The average Bonchev–Trinajstić information content (AvgIpc) is 2.61. The maximum atomic E-state index is 13.2. The molecule has 0 saturated carbocycles. The molecule has 9 heteroatoms. The molecular weight excluding hydrogens is 405 g/mol. The van der Waals surface area contributed by atoms with Gasteiger partial charge in [-0.05, 0) is 36.5 Å². The van der Waals surface area contributed by atoms with Crippen molar-refractivity contribution >= 4 is 27.5 Å². The number of hydrogen-bond donors (Lipinski definition) is 0. The van der Waals surface area contributed by atoms with Crippen LogP contribution >= 0.6 is 11.6 Å². The number of sulfonamides is 1. The van der Waals surface area contributed by atoms with Crippen LogP contribution in [0.5, 0.6) is 0 Å². The van der Waals surface area contributed by atoms with Crippen LogP contribution in [0.2, 0.25) is 5.02 Å². The van der Waals surface area contributed by atoms with Crippen LogP contribution in [0.15, 0.2) is 23.1 Å². The lowest BCUT2D eigenvalue weighted by Gasteiger charge is -2.38. The average molecular weight is 432 g/mol. The number of amides is 1. The minimum absolute atomic E-state index is 0.0867. The summed E-state index contributed by atoms with van der Waals surface area (Å²) in [7, 11) is -3.78. The van der Waals surface area contributed by atoms with Gasteiger partial charge in [-0.3, -0.25) is 9.69 Å². The first kappa shape index (κ1) is 21.5. The Labute approximate surface area is 171 Å². The van der Waals surface area contributed by atoms with Crippen molar-refractivity contribution in [3.63, 3.8) is 0 Å². The fraction of sp³-hybridized carbons (Fsp3) is 0.632. The standard InChI is InChI=1S/C19H27ClFN3O3S/c1-14-9-15(2)12-23(11-14)19(25)13-22-5-7-24(8-6-22)28(26,27)18-4-3-16(21)10-17(18)20/h3-4,10,14-15H,5-9,11-13H2,1-2H3/t14-,15-/m0/s1. The highest BCUT2D eigenvalue weighted by Crippen LogP contribution is 2.26. The number of nitrogens with zero attached hydrogens (tertiary/aromatic N) is 3. The van der Waals surface area contributed by atoms with Gasteiger partial charge in [0.15, 0.2) is 0 Å². The van der Waals surface area contributed by atoms with E-state index in [2.05, 4.69) is 13.8 Å². The molecule has 3 rings (SSSR count). The molecule has 1 aromatic carbocycles. The first-order chi connectivity index (χ1) is 13.2. The first-order valence-electron chi connectivity index (χ1n) is 9.62. The van der Waals surface area contributed by atoms with Gasteiger partial charge in [0, 0.05) is 39.3 Å². The summed E-state index contributed by atoms with van der Waals surface area (Å²) < 4.78 is 40.1. The molecule has 2 fully saturated rings. The number of carbonyl (C=O) groups excluding carboxylic acids is 1. The third kappa shape index (κ3) is 4.84. The van der Waals surface area contributed by atoms with Crippen LogP contribution < -0.4 is 0 Å². The lowest BCUT2D eigenvalue weighted by atomic mass is 9.92. The van der Waals surface area contributed by atoms with Crippen molar-refractivity contribution in [2.45, 2.75) is 25.2 Å². The maximum absolute atomic E-state index is 13.2. The lowest BCUT2D eigenvalue weighted by molar-refractivity contribution is -0.135. The molecule has 2 atom stereocenters. The monoisotopic (exact) mass is 431 g/mol. The van der Waals surface area contributed by atoms with E-state index < -0.39 is 15.8 Å². The van der Waals surface area contributed by atoms with Crippen molar-refractivity contribution in [2.24, 2.45) is 11.8 Å². The normalized spacial score (nSPS) is 25.1. The second-order valence-electron chi connectivity index (χ2n) is 8.00. The van der Waals surface area contributed by atoms with E-state index in [-0.39, 0.29) is 28.9 Å². The molecule has 0 unspecified atom stereocenters. The molecular formula is C19H27ClFN3O3S. The van der Waals surface area contributed by atoms with Crippen molar-refractivity contribution in [3.8, 4) is 0 Å². The molecule has 156 valence electrons. The van der Waals surface area contributed by atoms with Gasteiger partial charge in [-0.1, -0.05) is 25.4 Å². The van der Waals surface area contributed by atoms with Crippen molar-refractivity contribution < 1.29 is 17.6 Å². The third-order valence-electron chi connectivity index (χ3n) is 5.42. The molecule has 0 bridgehead atoms. The van der Waals surface area contributed by atoms with E-state index in [4.69, 9.17) is 11.6 Å². The van der Waals surface area contributed by atoms with Crippen LogP contribution in [-0.2, 0) is 14.8 Å². The highest BCUT2D eigenvalue weighted by molar-refractivity contribution is 7.89. The number of halogens is 2. The van der Waals surface area contributed by atoms with Crippen LogP contribution in [0.4, 0.5) is 4.39 Å². The molecule has 0 radical (unpaired) electrons. The van der Waals surface area contributed by atoms with Gasteiger partial charge in [0.05, 0.1) is 11.6 Å². The molecule has 0 N–H and O–H groups in total. The third-order valence-corrected chi connectivity index (χ3v) is 7.80. The Bertz CT molecular complexity index is 818. The fourth-order valence-corrected chi connectivity index (χ4v) is 6.04. The van der Waals surface area contributed by atoms with E-state index in [0.717, 1.165) is 31.6 Å². The summed E-state index contributed by atoms with van der Waals surface area (Å²) >= 11 is 5.93. The summed E-state index contributed by atoms with van der Waals surface area (Å²) in [6.45, 7) is 7.73. The summed E-state index contributed by atoms with van der Waals surface area (Å²) in [5.74, 6) is 0.551. The van der Waals surface area contributed by atoms with Gasteiger partial charge in [0.25, 0.3) is 0 Å². The number of piperidine rings is 1. The Morgan fingerprint density at radius 1 is 1.14 bits per heavy atom. The van der Waals surface area contributed by atoms with E-state index in [1.807, 2.05) is 9.80 Å². The predicted octanol–water partition coefficient (Wildman–Crippen LogP) is 2.29. The minimum atomic E-state index is -3.78. The highest BCUT2D eigenvalue weighted by atomic mass is 35.5. The number of benzene rings is 1. The van der Waals surface area contributed by atoms with Gasteiger partial charge in [-0.25, -0.2) is 12.8 Å². The number of likely N-dealkylation sites (tertiary alicyclic amines) is 1. The molecule has 2 aliphatic rings. The van der Waals surface area contributed by atoms with Crippen molar-refractivity contribution in [1.82, 2.24) is 14.1 Å². The number of hydrogen-bond acceptors (Lipinski definition) is 4. The van der Waals surface area contributed by atoms with Crippen molar-refractivity contribution in [3.05, 3.63) is 29.0 Å². The molecule has 2 heterocycles. The second-order valence-corrected chi connectivity index (χ2v) is 10.3. The number of rotatable bonds is 4. The molecule has 0 aromatic heterocycles.